The molecule has 0 aliphatic carbocycles. The molecule has 100 valence electrons. The van der Waals surface area contributed by atoms with Gasteiger partial charge in [-0.3, -0.25) is 4.79 Å². The molecule has 0 N–H and O–H groups in total. The van der Waals surface area contributed by atoms with Crippen LogP contribution in [0.3, 0.4) is 0 Å². The van der Waals surface area contributed by atoms with Crippen LogP contribution in [0.2, 0.25) is 0 Å². The maximum Gasteiger partial charge on any atom is 0.574 e. The molecule has 0 aliphatic heterocycles. The van der Waals surface area contributed by atoms with Crippen LogP contribution < -0.4 is 9.47 Å². The molecule has 0 saturated heterocycles. The minimum atomic E-state index is -5.08. The van der Waals surface area contributed by atoms with E-state index in [-0.39, 0.29) is 6.29 Å². The Morgan fingerprint density at radius 1 is 1.39 bits per heavy atom. The molecule has 0 amide bonds. The van der Waals surface area contributed by atoms with Gasteiger partial charge in [-0.2, -0.15) is 0 Å². The highest BCUT2D eigenvalue weighted by Gasteiger charge is 2.34. The van der Waals surface area contributed by atoms with Crippen molar-refractivity contribution >= 4 is 6.29 Å². The zero-order chi connectivity index (χ0) is 13.9. The highest BCUT2D eigenvalue weighted by Crippen LogP contribution is 2.36. The number of halogens is 5. The molecule has 1 rings (SSSR count). The lowest BCUT2D eigenvalue weighted by Gasteiger charge is -2.14. The Morgan fingerprint density at radius 2 is 2.00 bits per heavy atom. The third kappa shape index (κ3) is 3.05. The molecule has 0 radical (unpaired) electrons. The van der Waals surface area contributed by atoms with E-state index < -0.39 is 35.5 Å². The summed E-state index contributed by atoms with van der Waals surface area (Å²) >= 11 is 0. The smallest absolute Gasteiger partial charge is 0.491 e. The molecule has 1 heterocycles. The van der Waals surface area contributed by atoms with E-state index in [0.717, 1.165) is 7.11 Å². The predicted molar refractivity (Wildman–Crippen MR) is 47.8 cm³/mol. The minimum Gasteiger partial charge on any atom is -0.491 e. The van der Waals surface area contributed by atoms with Crippen molar-refractivity contribution in [3.8, 4) is 11.6 Å². The Hall–Kier alpha value is -1.93. The average Bonchev–Trinajstić information content (AvgIpc) is 2.25. The summed E-state index contributed by atoms with van der Waals surface area (Å²) in [6, 6.07) is 0. The van der Waals surface area contributed by atoms with Gasteiger partial charge in [0, 0.05) is 6.20 Å². The molecule has 0 atom stereocenters. The van der Waals surface area contributed by atoms with Crippen molar-refractivity contribution in [2.45, 2.75) is 12.8 Å². The lowest BCUT2D eigenvalue weighted by Crippen LogP contribution is -2.19. The van der Waals surface area contributed by atoms with Gasteiger partial charge in [0.1, 0.15) is 0 Å². The Labute approximate surface area is 97.3 Å². The molecule has 0 unspecified atom stereocenters. The van der Waals surface area contributed by atoms with Crippen LogP contribution in [-0.4, -0.2) is 24.7 Å². The maximum atomic E-state index is 12.5. The Bertz CT molecular complexity index is 447. The molecule has 0 aromatic carbocycles. The van der Waals surface area contributed by atoms with Crippen molar-refractivity contribution in [3.05, 3.63) is 17.3 Å². The van der Waals surface area contributed by atoms with E-state index in [1.807, 2.05) is 0 Å². The van der Waals surface area contributed by atoms with Crippen LogP contribution in [0.15, 0.2) is 6.20 Å². The molecule has 0 fully saturated rings. The van der Waals surface area contributed by atoms with E-state index in [9.17, 15) is 26.7 Å². The number of aromatic nitrogens is 1. The van der Waals surface area contributed by atoms with Crippen molar-refractivity contribution in [3.63, 3.8) is 0 Å². The van der Waals surface area contributed by atoms with Gasteiger partial charge in [-0.25, -0.2) is 13.8 Å². The molecule has 0 aliphatic rings. The summed E-state index contributed by atoms with van der Waals surface area (Å²) < 4.78 is 68.9. The zero-order valence-electron chi connectivity index (χ0n) is 8.79. The van der Waals surface area contributed by atoms with Gasteiger partial charge in [0.25, 0.3) is 12.3 Å². The van der Waals surface area contributed by atoms with Gasteiger partial charge in [0.05, 0.1) is 18.2 Å². The predicted octanol–water partition coefficient (Wildman–Crippen LogP) is 2.74. The lowest BCUT2D eigenvalue weighted by molar-refractivity contribution is -0.276. The topological polar surface area (TPSA) is 48.4 Å². The quantitative estimate of drug-likeness (QED) is 0.624. The fourth-order valence-electron chi connectivity index (χ4n) is 1.18. The summed E-state index contributed by atoms with van der Waals surface area (Å²) in [5, 5.41) is 0. The van der Waals surface area contributed by atoms with E-state index in [1.165, 1.54) is 0 Å². The Morgan fingerprint density at radius 3 is 2.39 bits per heavy atom. The first-order valence-corrected chi connectivity index (χ1v) is 4.36. The van der Waals surface area contributed by atoms with Crippen molar-refractivity contribution in [1.82, 2.24) is 4.98 Å². The second-order valence-electron chi connectivity index (χ2n) is 2.93. The summed E-state index contributed by atoms with van der Waals surface area (Å²) in [5.41, 5.74) is -1.57. The summed E-state index contributed by atoms with van der Waals surface area (Å²) in [6.07, 6.45) is -7.78. The van der Waals surface area contributed by atoms with E-state index >= 15 is 0 Å². The van der Waals surface area contributed by atoms with Crippen LogP contribution in [-0.2, 0) is 0 Å². The fourth-order valence-corrected chi connectivity index (χ4v) is 1.18. The molecule has 9 heteroatoms. The van der Waals surface area contributed by atoms with E-state index in [4.69, 9.17) is 0 Å². The lowest BCUT2D eigenvalue weighted by atomic mass is 10.1. The first kappa shape index (κ1) is 14.1. The number of pyridine rings is 1. The number of carbonyl (C=O) groups excluding carboxylic acids is 1. The van der Waals surface area contributed by atoms with Gasteiger partial charge < -0.3 is 9.47 Å². The first-order chi connectivity index (χ1) is 8.30. The molecule has 0 spiro atoms. The van der Waals surface area contributed by atoms with Crippen LogP contribution in [0.4, 0.5) is 22.0 Å². The first-order valence-electron chi connectivity index (χ1n) is 4.36. The largest absolute Gasteiger partial charge is 0.574 e. The van der Waals surface area contributed by atoms with E-state index in [1.54, 1.807) is 0 Å². The second kappa shape index (κ2) is 5.15. The van der Waals surface area contributed by atoms with E-state index in [0.29, 0.717) is 6.20 Å². The van der Waals surface area contributed by atoms with Gasteiger partial charge in [0.2, 0.25) is 0 Å². The van der Waals surface area contributed by atoms with Gasteiger partial charge in [-0.05, 0) is 0 Å². The third-order valence-electron chi connectivity index (χ3n) is 1.84. The van der Waals surface area contributed by atoms with Crippen LogP contribution in [0.5, 0.6) is 11.6 Å². The normalized spacial score (nSPS) is 11.5. The maximum absolute atomic E-state index is 12.5. The number of hydrogen-bond donors (Lipinski definition) is 0. The zero-order valence-corrected chi connectivity index (χ0v) is 8.79. The summed E-state index contributed by atoms with van der Waals surface area (Å²) in [6.45, 7) is 0. The van der Waals surface area contributed by atoms with Crippen molar-refractivity contribution in [2.24, 2.45) is 0 Å². The molecule has 18 heavy (non-hydrogen) atoms. The molecule has 1 aromatic rings. The monoisotopic (exact) mass is 271 g/mol. The number of rotatable bonds is 4. The van der Waals surface area contributed by atoms with Crippen LogP contribution in [0.1, 0.15) is 22.3 Å². The molecular weight excluding hydrogens is 265 g/mol. The van der Waals surface area contributed by atoms with Gasteiger partial charge in [-0.15, -0.1) is 13.2 Å². The number of nitrogens with zero attached hydrogens (tertiary/aromatic N) is 1. The molecule has 0 bridgehead atoms. The van der Waals surface area contributed by atoms with Crippen LogP contribution in [0, 0.1) is 0 Å². The number of carbonyl (C=O) groups is 1. The second-order valence-corrected chi connectivity index (χ2v) is 2.93. The average molecular weight is 271 g/mol. The molecule has 0 saturated carbocycles. The van der Waals surface area contributed by atoms with Crippen molar-refractivity contribution in [1.29, 1.82) is 0 Å². The number of alkyl halides is 5. The standard InChI is InChI=1S/C9H6F5NO3/c1-17-6-5(3-16)4(7(10)11)2-15-8(6)18-9(12,13)14/h2-3,7H,1H3. The summed E-state index contributed by atoms with van der Waals surface area (Å²) in [5.74, 6) is -1.89. The highest BCUT2D eigenvalue weighted by atomic mass is 19.4. The minimum absolute atomic E-state index is 0.0504. The third-order valence-corrected chi connectivity index (χ3v) is 1.84. The van der Waals surface area contributed by atoms with Crippen molar-refractivity contribution < 1.29 is 36.2 Å². The summed E-state index contributed by atoms with van der Waals surface area (Å²) in [4.78, 5) is 13.7. The highest BCUT2D eigenvalue weighted by molar-refractivity contribution is 5.83. The number of methoxy groups -OCH3 is 1. The van der Waals surface area contributed by atoms with E-state index in [2.05, 4.69) is 14.5 Å². The van der Waals surface area contributed by atoms with Gasteiger partial charge in [-0.1, -0.05) is 0 Å². The summed E-state index contributed by atoms with van der Waals surface area (Å²) in [7, 11) is 0.905. The molecule has 4 nitrogen and oxygen atoms in total. The number of ether oxygens (including phenoxy) is 2. The Balaban J connectivity index is 3.35. The van der Waals surface area contributed by atoms with Crippen LogP contribution in [0.25, 0.3) is 0 Å². The number of aldehydes is 1. The van der Waals surface area contributed by atoms with Crippen LogP contribution >= 0.6 is 0 Å². The van der Waals surface area contributed by atoms with Crippen molar-refractivity contribution in [2.75, 3.05) is 7.11 Å². The molecule has 1 aromatic heterocycles. The number of hydrogen-bond acceptors (Lipinski definition) is 4. The van der Waals surface area contributed by atoms with Gasteiger partial charge >= 0.3 is 6.36 Å². The Kier molecular flexibility index (Phi) is 4.04. The van der Waals surface area contributed by atoms with Gasteiger partial charge in [0.15, 0.2) is 12.0 Å². The fraction of sp³-hybridized carbons (Fsp3) is 0.333. The molecular formula is C9H6F5NO3. The SMILES string of the molecule is COc1c(OC(F)(F)F)ncc(C(F)F)c1C=O.